The van der Waals surface area contributed by atoms with Gasteiger partial charge < -0.3 is 18.9 Å². The second kappa shape index (κ2) is 12.5. The highest BCUT2D eigenvalue weighted by Gasteiger charge is 2.52. The molecule has 11 nitrogen and oxygen atoms in total. The first-order valence-corrected chi connectivity index (χ1v) is 12.8. The molecule has 1 aromatic heterocycles. The van der Waals surface area contributed by atoms with E-state index in [0.29, 0.717) is 0 Å². The van der Waals surface area contributed by atoms with E-state index in [-0.39, 0.29) is 21.8 Å². The van der Waals surface area contributed by atoms with Crippen LogP contribution in [0, 0.1) is 0 Å². The summed E-state index contributed by atoms with van der Waals surface area (Å²) < 4.78 is 23.9. The highest BCUT2D eigenvalue weighted by molar-refractivity contribution is 6.29. The molecule has 4 aromatic rings. The molecule has 4 atom stereocenters. The Kier molecular flexibility index (Phi) is 8.47. The Balaban J connectivity index is 1.49. The average Bonchev–Trinajstić information content (AvgIpc) is 3.33. The van der Waals surface area contributed by atoms with Gasteiger partial charge in [-0.05, 0) is 36.4 Å². The summed E-state index contributed by atoms with van der Waals surface area (Å²) in [5.74, 6) is -2.19. The molecule has 3 aromatic carbocycles. The minimum Gasteiger partial charge on any atom is -0.459 e. The summed E-state index contributed by atoms with van der Waals surface area (Å²) in [5, 5.41) is 3.82. The fourth-order valence-electron chi connectivity index (χ4n) is 4.16. The first kappa shape index (κ1) is 27.7. The van der Waals surface area contributed by atoms with Gasteiger partial charge in [0.25, 0.3) is 0 Å². The second-order valence-corrected chi connectivity index (χ2v) is 9.19. The van der Waals surface area contributed by atoms with E-state index < -0.39 is 54.7 Å². The van der Waals surface area contributed by atoms with Gasteiger partial charge in [0.2, 0.25) is 0 Å². The predicted octanol–water partition coefficient (Wildman–Crippen LogP) is 3.50. The van der Waals surface area contributed by atoms with Crippen molar-refractivity contribution in [1.29, 1.82) is 0 Å². The Labute approximate surface area is 238 Å². The molecule has 0 radical (unpaired) electrons. The highest BCUT2D eigenvalue weighted by Crippen LogP contribution is 2.34. The van der Waals surface area contributed by atoms with Crippen LogP contribution in [0.25, 0.3) is 0 Å². The SMILES string of the molecule is O=C(OC[C@H]1O[C@@H](n2ncc(Cl)nc2=O)C(OC(=O)c2ccccc2)C1OC(=O)c1ccccc1)c1ccccc1. The molecule has 0 aliphatic carbocycles. The normalized spacial score (nSPS) is 19.7. The summed E-state index contributed by atoms with van der Waals surface area (Å²) >= 11 is 5.82. The minimum atomic E-state index is -1.41. The van der Waals surface area contributed by atoms with Gasteiger partial charge in [-0.15, -0.1) is 0 Å². The Morgan fingerprint density at radius 3 is 1.76 bits per heavy atom. The molecular weight excluding hydrogens is 554 g/mol. The van der Waals surface area contributed by atoms with Gasteiger partial charge in [0.05, 0.1) is 22.9 Å². The molecule has 0 N–H and O–H groups in total. The van der Waals surface area contributed by atoms with Crippen LogP contribution < -0.4 is 5.69 Å². The molecule has 0 amide bonds. The van der Waals surface area contributed by atoms with E-state index in [1.54, 1.807) is 78.9 Å². The molecule has 12 heteroatoms. The maximum atomic E-state index is 13.1. The lowest BCUT2D eigenvalue weighted by Gasteiger charge is -2.24. The van der Waals surface area contributed by atoms with Crippen LogP contribution >= 0.6 is 11.6 Å². The van der Waals surface area contributed by atoms with E-state index in [0.717, 1.165) is 10.9 Å². The lowest BCUT2D eigenvalue weighted by Crippen LogP contribution is -2.43. The topological polar surface area (TPSA) is 136 Å². The monoisotopic (exact) mass is 575 g/mol. The van der Waals surface area contributed by atoms with E-state index in [9.17, 15) is 19.2 Å². The van der Waals surface area contributed by atoms with Crippen molar-refractivity contribution in [3.8, 4) is 0 Å². The summed E-state index contributed by atoms with van der Waals surface area (Å²) in [6.07, 6.45) is -4.19. The van der Waals surface area contributed by atoms with Crippen LogP contribution in [0.2, 0.25) is 5.15 Å². The van der Waals surface area contributed by atoms with Crippen LogP contribution in [0.1, 0.15) is 37.3 Å². The molecule has 1 fully saturated rings. The molecule has 1 aliphatic rings. The summed E-state index contributed by atoms with van der Waals surface area (Å²) in [6.45, 7) is -0.411. The van der Waals surface area contributed by atoms with E-state index in [1.807, 2.05) is 0 Å². The number of benzene rings is 3. The van der Waals surface area contributed by atoms with Crippen LogP contribution in [-0.2, 0) is 18.9 Å². The van der Waals surface area contributed by atoms with Gasteiger partial charge in [-0.3, -0.25) is 0 Å². The van der Waals surface area contributed by atoms with Gasteiger partial charge in [0.1, 0.15) is 12.7 Å². The predicted molar refractivity (Wildman–Crippen MR) is 143 cm³/mol. The molecule has 0 saturated carbocycles. The molecule has 1 saturated heterocycles. The molecule has 208 valence electrons. The number of nitrogens with zero attached hydrogens (tertiary/aromatic N) is 3. The highest BCUT2D eigenvalue weighted by atomic mass is 35.5. The van der Waals surface area contributed by atoms with Crippen molar-refractivity contribution >= 4 is 29.5 Å². The molecular formula is C29H22ClN3O8. The van der Waals surface area contributed by atoms with Gasteiger partial charge in [0.15, 0.2) is 23.6 Å². The van der Waals surface area contributed by atoms with Gasteiger partial charge in [-0.2, -0.15) is 14.8 Å². The van der Waals surface area contributed by atoms with Crippen LogP contribution in [0.3, 0.4) is 0 Å². The number of carbonyl (C=O) groups is 3. The fourth-order valence-corrected chi connectivity index (χ4v) is 4.28. The third kappa shape index (κ3) is 6.48. The molecule has 0 bridgehead atoms. The smallest absolute Gasteiger partial charge is 0.367 e. The number of esters is 3. The van der Waals surface area contributed by atoms with Crippen molar-refractivity contribution in [2.75, 3.05) is 6.61 Å². The average molecular weight is 576 g/mol. The fraction of sp³-hybridized carbons (Fsp3) is 0.172. The number of aromatic nitrogens is 3. The van der Waals surface area contributed by atoms with Crippen molar-refractivity contribution in [3.63, 3.8) is 0 Å². The first-order chi connectivity index (χ1) is 19.9. The van der Waals surface area contributed by atoms with E-state index in [1.165, 1.54) is 12.1 Å². The second-order valence-electron chi connectivity index (χ2n) is 8.81. The Morgan fingerprint density at radius 2 is 1.24 bits per heavy atom. The van der Waals surface area contributed by atoms with Gasteiger partial charge in [-0.25, -0.2) is 19.2 Å². The molecule has 1 aliphatic heterocycles. The van der Waals surface area contributed by atoms with Crippen molar-refractivity contribution in [2.45, 2.75) is 24.5 Å². The van der Waals surface area contributed by atoms with Crippen molar-refractivity contribution in [1.82, 2.24) is 14.8 Å². The van der Waals surface area contributed by atoms with Gasteiger partial charge in [0, 0.05) is 0 Å². The standard InChI is InChI=1S/C29H22ClN3O8/c30-22-16-31-33(29(37)32-22)25-24(41-28(36)20-14-8-3-9-15-20)23(40-27(35)19-12-6-2-7-13-19)21(39-25)17-38-26(34)18-10-4-1-5-11-18/h1-16,21,23-25H,17H2/t21-,23?,24?,25-/m1/s1. The summed E-state index contributed by atoms with van der Waals surface area (Å²) in [7, 11) is 0. The van der Waals surface area contributed by atoms with Crippen LogP contribution in [-0.4, -0.2) is 57.6 Å². The maximum Gasteiger partial charge on any atom is 0.367 e. The molecule has 2 unspecified atom stereocenters. The van der Waals surface area contributed by atoms with Crippen molar-refractivity contribution in [3.05, 3.63) is 130 Å². The maximum absolute atomic E-state index is 13.1. The third-order valence-electron chi connectivity index (χ3n) is 6.11. The van der Waals surface area contributed by atoms with Crippen molar-refractivity contribution < 1.29 is 33.3 Å². The molecule has 0 spiro atoms. The van der Waals surface area contributed by atoms with Crippen LogP contribution in [0.15, 0.2) is 102 Å². The lowest BCUT2D eigenvalue weighted by molar-refractivity contribution is -0.0698. The molecule has 41 heavy (non-hydrogen) atoms. The number of ether oxygens (including phenoxy) is 4. The number of rotatable bonds is 8. The number of carbonyl (C=O) groups excluding carboxylic acids is 3. The largest absolute Gasteiger partial charge is 0.459 e. The Morgan fingerprint density at radius 1 is 0.756 bits per heavy atom. The van der Waals surface area contributed by atoms with E-state index >= 15 is 0 Å². The van der Waals surface area contributed by atoms with Gasteiger partial charge >= 0.3 is 23.6 Å². The zero-order chi connectivity index (χ0) is 28.8. The first-order valence-electron chi connectivity index (χ1n) is 12.4. The minimum absolute atomic E-state index is 0.164. The lowest BCUT2D eigenvalue weighted by atomic mass is 10.1. The quantitative estimate of drug-likeness (QED) is 0.227. The summed E-state index contributed by atoms with van der Waals surface area (Å²) in [6, 6.07) is 24.4. The summed E-state index contributed by atoms with van der Waals surface area (Å²) in [5.41, 5.74) is -0.203. The third-order valence-corrected chi connectivity index (χ3v) is 6.29. The number of hydrogen-bond acceptors (Lipinski definition) is 10. The van der Waals surface area contributed by atoms with Crippen LogP contribution in [0.4, 0.5) is 0 Å². The van der Waals surface area contributed by atoms with Gasteiger partial charge in [-0.1, -0.05) is 66.2 Å². The van der Waals surface area contributed by atoms with E-state index in [2.05, 4.69) is 10.1 Å². The Bertz CT molecular complexity index is 1580. The molecule has 5 rings (SSSR count). The number of halogens is 1. The molecule has 2 heterocycles. The van der Waals surface area contributed by atoms with Crippen LogP contribution in [0.5, 0.6) is 0 Å². The van der Waals surface area contributed by atoms with Crippen molar-refractivity contribution in [2.24, 2.45) is 0 Å². The number of hydrogen-bond donors (Lipinski definition) is 0. The zero-order valence-corrected chi connectivity index (χ0v) is 22.0. The Hall–Kier alpha value is -4.87. The summed E-state index contributed by atoms with van der Waals surface area (Å²) in [4.78, 5) is 55.3. The van der Waals surface area contributed by atoms with E-state index in [4.69, 9.17) is 30.5 Å². The zero-order valence-electron chi connectivity index (χ0n) is 21.2.